The SMILES string of the molecule is C=[N+]1N=Cc2c(N3CCN(C(=O)C(C)C)CC3)cc(S(=O)(=O)NC3(C)CC3)cc21. The normalized spacial score (nSPS) is 20.3. The van der Waals surface area contributed by atoms with Gasteiger partial charge in [-0.3, -0.25) is 4.79 Å². The molecular formula is C20H28N5O3S+. The predicted octanol–water partition coefficient (Wildman–Crippen LogP) is 1.51. The Morgan fingerprint density at radius 3 is 2.48 bits per heavy atom. The molecule has 1 N–H and O–H groups in total. The Morgan fingerprint density at radius 1 is 1.24 bits per heavy atom. The standard InChI is InChI=1S/C20H28N5O3S/c1-14(2)19(26)25-9-7-24(8-10-25)18-12-15(11-17-16(18)13-21-23(17)4)29(27,28)22-20(3)5-6-20/h11-14,22H,4-10H2,1-3H3/q+1. The molecule has 4 rings (SSSR count). The Kier molecular flexibility index (Phi) is 4.77. The van der Waals surface area contributed by atoms with Gasteiger partial charge in [0.2, 0.25) is 21.6 Å². The number of piperazine rings is 1. The van der Waals surface area contributed by atoms with Crippen molar-refractivity contribution in [1.29, 1.82) is 0 Å². The van der Waals surface area contributed by atoms with Crippen LogP contribution in [-0.2, 0) is 14.8 Å². The maximum Gasteiger partial charge on any atom is 0.249 e. The van der Waals surface area contributed by atoms with Crippen molar-refractivity contribution in [2.45, 2.75) is 44.0 Å². The van der Waals surface area contributed by atoms with E-state index in [4.69, 9.17) is 0 Å². The van der Waals surface area contributed by atoms with Crippen LogP contribution in [0.5, 0.6) is 0 Å². The number of nitrogens with zero attached hydrogens (tertiary/aromatic N) is 4. The van der Waals surface area contributed by atoms with E-state index in [1.165, 1.54) is 4.68 Å². The summed E-state index contributed by atoms with van der Waals surface area (Å²) in [6.45, 7) is 12.1. The third kappa shape index (κ3) is 3.81. The van der Waals surface area contributed by atoms with Crippen molar-refractivity contribution in [3.8, 4) is 0 Å². The van der Waals surface area contributed by atoms with Gasteiger partial charge >= 0.3 is 0 Å². The molecular weight excluding hydrogens is 390 g/mol. The number of sulfonamides is 1. The Morgan fingerprint density at radius 2 is 1.90 bits per heavy atom. The average Bonchev–Trinajstić information content (AvgIpc) is 3.27. The number of carbonyl (C=O) groups excluding carboxylic acids is 1. The summed E-state index contributed by atoms with van der Waals surface area (Å²) in [7, 11) is -3.65. The Bertz CT molecular complexity index is 1000. The number of hydrogen-bond acceptors (Lipinski definition) is 5. The van der Waals surface area contributed by atoms with Crippen LogP contribution >= 0.6 is 0 Å². The van der Waals surface area contributed by atoms with Crippen LogP contribution in [0, 0.1) is 5.92 Å². The smallest absolute Gasteiger partial charge is 0.249 e. The number of amides is 1. The van der Waals surface area contributed by atoms with E-state index >= 15 is 0 Å². The summed E-state index contributed by atoms with van der Waals surface area (Å²) >= 11 is 0. The van der Waals surface area contributed by atoms with Crippen LogP contribution in [-0.4, -0.2) is 68.6 Å². The van der Waals surface area contributed by atoms with E-state index < -0.39 is 10.0 Å². The third-order valence-corrected chi connectivity index (χ3v) is 7.45. The van der Waals surface area contributed by atoms with E-state index in [1.54, 1.807) is 18.3 Å². The summed E-state index contributed by atoms with van der Waals surface area (Å²) < 4.78 is 30.2. The first-order chi connectivity index (χ1) is 13.6. The van der Waals surface area contributed by atoms with Gasteiger partial charge in [-0.15, -0.1) is 0 Å². The van der Waals surface area contributed by atoms with Gasteiger partial charge in [-0.25, -0.2) is 13.1 Å². The molecule has 0 atom stereocenters. The number of fused-ring (bicyclic) bond motifs is 1. The molecule has 1 saturated heterocycles. The summed E-state index contributed by atoms with van der Waals surface area (Å²) in [5, 5.41) is 4.23. The van der Waals surface area contributed by atoms with Crippen LogP contribution in [0.2, 0.25) is 0 Å². The van der Waals surface area contributed by atoms with Crippen molar-refractivity contribution >= 4 is 40.2 Å². The zero-order chi connectivity index (χ0) is 21.0. The number of anilines is 1. The van der Waals surface area contributed by atoms with Crippen LogP contribution in [0.4, 0.5) is 11.4 Å². The summed E-state index contributed by atoms with van der Waals surface area (Å²) in [5.41, 5.74) is 2.00. The van der Waals surface area contributed by atoms with E-state index in [1.807, 2.05) is 25.7 Å². The maximum absolute atomic E-state index is 13.0. The molecule has 156 valence electrons. The second kappa shape index (κ2) is 6.91. The molecule has 1 aromatic carbocycles. The summed E-state index contributed by atoms with van der Waals surface area (Å²) in [6, 6.07) is 3.35. The van der Waals surface area contributed by atoms with Crippen molar-refractivity contribution in [1.82, 2.24) is 9.62 Å². The highest BCUT2D eigenvalue weighted by Crippen LogP contribution is 2.39. The van der Waals surface area contributed by atoms with Gasteiger partial charge in [0, 0.05) is 43.7 Å². The largest absolute Gasteiger partial charge is 0.367 e. The molecule has 8 nitrogen and oxygen atoms in total. The van der Waals surface area contributed by atoms with Gasteiger partial charge in [-0.2, -0.15) is 0 Å². The number of benzene rings is 1. The van der Waals surface area contributed by atoms with Crippen molar-refractivity contribution in [2.75, 3.05) is 31.1 Å². The molecule has 1 aliphatic carbocycles. The molecule has 3 aliphatic rings. The van der Waals surface area contributed by atoms with Gasteiger partial charge in [-0.05, 0) is 30.9 Å². The van der Waals surface area contributed by atoms with Gasteiger partial charge in [0.05, 0.1) is 16.1 Å². The highest BCUT2D eigenvalue weighted by Gasteiger charge is 2.42. The van der Waals surface area contributed by atoms with Crippen LogP contribution < -0.4 is 9.62 Å². The minimum atomic E-state index is -3.65. The first-order valence-corrected chi connectivity index (χ1v) is 11.5. The molecule has 1 amide bonds. The zero-order valence-corrected chi connectivity index (χ0v) is 18.0. The number of carbonyl (C=O) groups is 1. The summed E-state index contributed by atoms with van der Waals surface area (Å²) in [6.07, 6.45) is 3.41. The lowest BCUT2D eigenvalue weighted by Gasteiger charge is -2.37. The minimum absolute atomic E-state index is 0.0269. The Labute approximate surface area is 171 Å². The lowest BCUT2D eigenvalue weighted by atomic mass is 10.1. The van der Waals surface area contributed by atoms with E-state index in [-0.39, 0.29) is 22.3 Å². The molecule has 1 saturated carbocycles. The topological polar surface area (TPSA) is 85.1 Å². The van der Waals surface area contributed by atoms with Crippen molar-refractivity contribution in [2.24, 2.45) is 11.0 Å². The van der Waals surface area contributed by atoms with Crippen molar-refractivity contribution in [3.05, 3.63) is 17.7 Å². The quantitative estimate of drug-likeness (QED) is 0.735. The molecule has 0 bridgehead atoms. The van der Waals surface area contributed by atoms with Gasteiger partial charge in [0.25, 0.3) is 0 Å². The summed E-state index contributed by atoms with van der Waals surface area (Å²) in [4.78, 5) is 16.5. The fraction of sp³-hybridized carbons (Fsp3) is 0.550. The monoisotopic (exact) mass is 418 g/mol. The van der Waals surface area contributed by atoms with Gasteiger partial charge in [0.1, 0.15) is 6.21 Å². The lowest BCUT2D eigenvalue weighted by Crippen LogP contribution is -2.50. The van der Waals surface area contributed by atoms with Crippen molar-refractivity contribution in [3.63, 3.8) is 0 Å². The lowest BCUT2D eigenvalue weighted by molar-refractivity contribution is -0.431. The molecule has 0 unspecified atom stereocenters. The molecule has 2 aliphatic heterocycles. The molecule has 0 radical (unpaired) electrons. The first-order valence-electron chi connectivity index (χ1n) is 10.00. The first kappa shape index (κ1) is 20.0. The van der Waals surface area contributed by atoms with E-state index in [0.717, 1.165) is 24.1 Å². The maximum atomic E-state index is 13.0. The number of hydrazone groups is 1. The van der Waals surface area contributed by atoms with Gasteiger partial charge < -0.3 is 9.80 Å². The highest BCUT2D eigenvalue weighted by molar-refractivity contribution is 7.89. The molecule has 2 heterocycles. The number of nitrogens with one attached hydrogen (secondary N) is 1. The van der Waals surface area contributed by atoms with Gasteiger partial charge in [-0.1, -0.05) is 18.5 Å². The van der Waals surface area contributed by atoms with E-state index in [9.17, 15) is 13.2 Å². The van der Waals surface area contributed by atoms with Crippen LogP contribution in [0.1, 0.15) is 39.2 Å². The third-order valence-electron chi connectivity index (χ3n) is 5.83. The molecule has 0 spiro atoms. The molecule has 1 aromatic rings. The van der Waals surface area contributed by atoms with Crippen LogP contribution in [0.25, 0.3) is 0 Å². The number of rotatable bonds is 5. The van der Waals surface area contributed by atoms with E-state index in [0.29, 0.717) is 31.9 Å². The highest BCUT2D eigenvalue weighted by atomic mass is 32.2. The molecule has 9 heteroatoms. The molecule has 29 heavy (non-hydrogen) atoms. The van der Waals surface area contributed by atoms with Crippen LogP contribution in [0.15, 0.2) is 22.1 Å². The average molecular weight is 419 g/mol. The predicted molar refractivity (Wildman–Crippen MR) is 113 cm³/mol. The van der Waals surface area contributed by atoms with Crippen molar-refractivity contribution < 1.29 is 17.9 Å². The Hall–Kier alpha value is -2.26. The minimum Gasteiger partial charge on any atom is -0.367 e. The van der Waals surface area contributed by atoms with Crippen LogP contribution in [0.3, 0.4) is 0 Å². The van der Waals surface area contributed by atoms with E-state index in [2.05, 4.69) is 21.4 Å². The second-order valence-electron chi connectivity index (χ2n) is 8.65. The van der Waals surface area contributed by atoms with Gasteiger partial charge in [0.15, 0.2) is 6.72 Å². The fourth-order valence-electron chi connectivity index (χ4n) is 3.76. The summed E-state index contributed by atoms with van der Waals surface area (Å²) in [5.74, 6) is 0.125. The fourth-order valence-corrected chi connectivity index (χ4v) is 5.26. The zero-order valence-electron chi connectivity index (χ0n) is 17.2. The molecule has 2 fully saturated rings. The second-order valence-corrected chi connectivity index (χ2v) is 10.3. The number of hydrogen-bond donors (Lipinski definition) is 1. The Balaban J connectivity index is 1.64. The molecule has 0 aromatic heterocycles.